The fourth-order valence-corrected chi connectivity index (χ4v) is 4.61. The van der Waals surface area contributed by atoms with Crippen LogP contribution in [0.15, 0.2) is 66.7 Å². The van der Waals surface area contributed by atoms with Gasteiger partial charge < -0.3 is 24.6 Å². The Balaban J connectivity index is 1.35. The summed E-state index contributed by atoms with van der Waals surface area (Å²) in [6, 6.07) is 17.2. The molecule has 0 saturated carbocycles. The van der Waals surface area contributed by atoms with E-state index >= 15 is 0 Å². The Hall–Kier alpha value is -4.00. The highest BCUT2D eigenvalue weighted by atomic mass is 16.7. The molecule has 7 heteroatoms. The molecule has 2 unspecified atom stereocenters. The summed E-state index contributed by atoms with van der Waals surface area (Å²) in [6.45, 7) is 0.102. The molecular formula is C28H27NO6. The second-order valence-corrected chi connectivity index (χ2v) is 8.85. The molecule has 1 heterocycles. The van der Waals surface area contributed by atoms with Gasteiger partial charge in [-0.25, -0.2) is 0 Å². The lowest BCUT2D eigenvalue weighted by Gasteiger charge is -2.18. The molecule has 0 bridgehead atoms. The first-order valence-electron chi connectivity index (χ1n) is 11.8. The van der Waals surface area contributed by atoms with Crippen molar-refractivity contribution in [2.75, 3.05) is 13.4 Å². The number of benzene rings is 3. The number of hydrogen-bond acceptors (Lipinski definition) is 5. The van der Waals surface area contributed by atoms with Crippen molar-refractivity contribution in [3.63, 3.8) is 0 Å². The number of allylic oxidation sites excluding steroid dienone is 1. The molecule has 35 heavy (non-hydrogen) atoms. The van der Waals surface area contributed by atoms with Crippen LogP contribution in [0.4, 0.5) is 0 Å². The van der Waals surface area contributed by atoms with E-state index in [9.17, 15) is 14.7 Å². The van der Waals surface area contributed by atoms with Gasteiger partial charge in [-0.1, -0.05) is 42.5 Å². The summed E-state index contributed by atoms with van der Waals surface area (Å²) in [5, 5.41) is 14.5. The predicted octanol–water partition coefficient (Wildman–Crippen LogP) is 4.78. The molecule has 0 spiro atoms. The predicted molar refractivity (Wildman–Crippen MR) is 131 cm³/mol. The van der Waals surface area contributed by atoms with Gasteiger partial charge in [-0.15, -0.1) is 0 Å². The molecule has 1 aliphatic heterocycles. The minimum atomic E-state index is -0.885. The zero-order chi connectivity index (χ0) is 24.2. The van der Waals surface area contributed by atoms with Crippen LogP contribution in [0.5, 0.6) is 17.2 Å². The Morgan fingerprint density at radius 2 is 1.80 bits per heavy atom. The van der Waals surface area contributed by atoms with Crippen LogP contribution in [0.3, 0.4) is 0 Å². The summed E-state index contributed by atoms with van der Waals surface area (Å²) in [7, 11) is 0. The summed E-state index contributed by atoms with van der Waals surface area (Å²) in [6.07, 6.45) is 7.15. The number of amides is 1. The molecule has 0 saturated heterocycles. The fraction of sp³-hybridized carbons (Fsp3) is 0.286. The summed E-state index contributed by atoms with van der Waals surface area (Å²) < 4.78 is 16.6. The van der Waals surface area contributed by atoms with Crippen LogP contribution in [0.25, 0.3) is 10.8 Å². The van der Waals surface area contributed by atoms with Gasteiger partial charge in [0.2, 0.25) is 6.79 Å². The van der Waals surface area contributed by atoms with Crippen LogP contribution in [0.2, 0.25) is 0 Å². The quantitative estimate of drug-likeness (QED) is 0.458. The molecule has 5 rings (SSSR count). The van der Waals surface area contributed by atoms with Gasteiger partial charge in [0.15, 0.2) is 18.1 Å². The lowest BCUT2D eigenvalue weighted by atomic mass is 9.87. The van der Waals surface area contributed by atoms with E-state index in [4.69, 9.17) is 14.2 Å². The fourth-order valence-electron chi connectivity index (χ4n) is 4.61. The lowest BCUT2D eigenvalue weighted by Crippen LogP contribution is -2.37. The highest BCUT2D eigenvalue weighted by molar-refractivity contribution is 5.85. The van der Waals surface area contributed by atoms with E-state index in [1.165, 1.54) is 0 Å². The van der Waals surface area contributed by atoms with E-state index in [1.54, 1.807) is 0 Å². The number of carbonyl (C=O) groups excluding carboxylic acids is 1. The minimum Gasteiger partial charge on any atom is -0.484 e. The molecule has 3 aromatic rings. The van der Waals surface area contributed by atoms with Crippen molar-refractivity contribution in [2.45, 2.75) is 37.6 Å². The third-order valence-corrected chi connectivity index (χ3v) is 6.39. The maximum Gasteiger partial charge on any atom is 0.304 e. The Labute approximate surface area is 203 Å². The summed E-state index contributed by atoms with van der Waals surface area (Å²) in [5.41, 5.74) is 1.72. The average Bonchev–Trinajstić information content (AvgIpc) is 3.34. The standard InChI is InChI=1S/C28H27NO6/c30-27(29-22-4-2-1-3-5-22)16-33-23-10-8-18-6-7-19(12-21(18)13-23)24(15-28(31)32)20-9-11-25-26(14-20)35-17-34-25/h2,4,6-14,22,24H,1,3,5,15-17H2,(H,29,30)(H,31,32). The molecule has 180 valence electrons. The van der Waals surface area contributed by atoms with Crippen molar-refractivity contribution < 1.29 is 28.9 Å². The second-order valence-electron chi connectivity index (χ2n) is 8.85. The molecule has 2 aliphatic rings. The third-order valence-electron chi connectivity index (χ3n) is 6.39. The van der Waals surface area contributed by atoms with Gasteiger partial charge in [-0.2, -0.15) is 0 Å². The Morgan fingerprint density at radius 3 is 2.63 bits per heavy atom. The molecule has 1 amide bonds. The maximum atomic E-state index is 12.3. The number of carbonyl (C=O) groups is 2. The molecule has 2 N–H and O–H groups in total. The van der Waals surface area contributed by atoms with Gasteiger partial charge >= 0.3 is 5.97 Å². The monoisotopic (exact) mass is 473 g/mol. The largest absolute Gasteiger partial charge is 0.484 e. The van der Waals surface area contributed by atoms with Crippen molar-refractivity contribution in [1.82, 2.24) is 5.32 Å². The number of ether oxygens (including phenoxy) is 3. The molecule has 2 atom stereocenters. The van der Waals surface area contributed by atoms with E-state index in [0.29, 0.717) is 17.2 Å². The van der Waals surface area contributed by atoms with Crippen molar-refractivity contribution >= 4 is 22.6 Å². The van der Waals surface area contributed by atoms with E-state index in [-0.39, 0.29) is 37.7 Å². The van der Waals surface area contributed by atoms with Gasteiger partial charge in [-0.3, -0.25) is 9.59 Å². The van der Waals surface area contributed by atoms with Gasteiger partial charge in [0.05, 0.1) is 6.42 Å². The number of hydrogen-bond donors (Lipinski definition) is 2. The van der Waals surface area contributed by atoms with Crippen LogP contribution in [0.1, 0.15) is 42.7 Å². The van der Waals surface area contributed by atoms with Gasteiger partial charge in [0.1, 0.15) is 5.75 Å². The maximum absolute atomic E-state index is 12.3. The Bertz CT molecular complexity index is 1280. The van der Waals surface area contributed by atoms with Crippen molar-refractivity contribution in [3.8, 4) is 17.2 Å². The summed E-state index contributed by atoms with van der Waals surface area (Å²) in [5.74, 6) is 0.471. The zero-order valence-electron chi connectivity index (χ0n) is 19.2. The van der Waals surface area contributed by atoms with Crippen molar-refractivity contribution in [2.24, 2.45) is 0 Å². The molecule has 1 aliphatic carbocycles. The Morgan fingerprint density at radius 1 is 1.00 bits per heavy atom. The zero-order valence-corrected chi connectivity index (χ0v) is 19.2. The number of rotatable bonds is 8. The van der Waals surface area contributed by atoms with Crippen molar-refractivity contribution in [3.05, 3.63) is 77.9 Å². The summed E-state index contributed by atoms with van der Waals surface area (Å²) in [4.78, 5) is 24.0. The van der Waals surface area contributed by atoms with Crippen LogP contribution in [-0.2, 0) is 9.59 Å². The number of fused-ring (bicyclic) bond motifs is 2. The third kappa shape index (κ3) is 5.40. The summed E-state index contributed by atoms with van der Waals surface area (Å²) >= 11 is 0. The first-order chi connectivity index (χ1) is 17.0. The second kappa shape index (κ2) is 10.1. The van der Waals surface area contributed by atoms with E-state index in [2.05, 4.69) is 11.4 Å². The molecule has 0 aromatic heterocycles. The Kier molecular flexibility index (Phi) is 6.57. The van der Waals surface area contributed by atoms with Crippen LogP contribution >= 0.6 is 0 Å². The molecular weight excluding hydrogens is 446 g/mol. The van der Waals surface area contributed by atoms with Gasteiger partial charge in [0, 0.05) is 12.0 Å². The number of nitrogens with one attached hydrogen (secondary N) is 1. The molecule has 7 nitrogen and oxygen atoms in total. The minimum absolute atomic E-state index is 0.0584. The van der Waals surface area contributed by atoms with Crippen LogP contribution < -0.4 is 19.5 Å². The van der Waals surface area contributed by atoms with Gasteiger partial charge in [0.25, 0.3) is 5.91 Å². The SMILES string of the molecule is O=C(O)CC(c1ccc2c(c1)OCO2)c1ccc2ccc(OCC(=O)NC3C=CCCC3)cc2c1. The molecule has 0 radical (unpaired) electrons. The smallest absolute Gasteiger partial charge is 0.304 e. The van der Waals surface area contributed by atoms with Crippen LogP contribution in [0, 0.1) is 0 Å². The molecule has 0 fully saturated rings. The van der Waals surface area contributed by atoms with E-state index < -0.39 is 5.97 Å². The number of carboxylic acids is 1. The van der Waals surface area contributed by atoms with Crippen LogP contribution in [-0.4, -0.2) is 36.4 Å². The first kappa shape index (κ1) is 22.8. The average molecular weight is 474 g/mol. The molecule has 3 aromatic carbocycles. The first-order valence-corrected chi connectivity index (χ1v) is 11.8. The highest BCUT2D eigenvalue weighted by Gasteiger charge is 2.22. The lowest BCUT2D eigenvalue weighted by molar-refractivity contribution is -0.137. The number of aliphatic carboxylic acids is 1. The topological polar surface area (TPSA) is 94.1 Å². The van der Waals surface area contributed by atoms with E-state index in [1.807, 2.05) is 60.7 Å². The normalized spacial score (nSPS) is 17.2. The van der Waals surface area contributed by atoms with E-state index in [0.717, 1.165) is 41.2 Å². The highest BCUT2D eigenvalue weighted by Crippen LogP contribution is 2.38. The number of carboxylic acid groups (broad SMARTS) is 1. The van der Waals surface area contributed by atoms with Gasteiger partial charge in [-0.05, 0) is 65.4 Å². The van der Waals surface area contributed by atoms with Crippen molar-refractivity contribution in [1.29, 1.82) is 0 Å².